The molecule has 0 aromatic heterocycles. The first-order valence-corrected chi connectivity index (χ1v) is 8.53. The third-order valence-electron chi connectivity index (χ3n) is 3.42. The van der Waals surface area contributed by atoms with Gasteiger partial charge in [-0.25, -0.2) is 8.42 Å². The SMILES string of the molecule is Cc1ccc(CCl)cc1S(=O)(=O)N1CCOC(C)(C)C1. The van der Waals surface area contributed by atoms with E-state index >= 15 is 0 Å². The zero-order chi connectivity index (χ0) is 15.0. The molecule has 0 saturated carbocycles. The van der Waals surface area contributed by atoms with Crippen molar-refractivity contribution in [2.45, 2.75) is 37.1 Å². The van der Waals surface area contributed by atoms with Crippen LogP contribution in [0.1, 0.15) is 25.0 Å². The summed E-state index contributed by atoms with van der Waals surface area (Å²) in [6.45, 7) is 6.76. The Hall–Kier alpha value is -0.620. The number of hydrogen-bond acceptors (Lipinski definition) is 3. The normalized spacial score (nSPS) is 20.0. The Morgan fingerprint density at radius 2 is 2.10 bits per heavy atom. The fraction of sp³-hybridized carbons (Fsp3) is 0.571. The number of ether oxygens (including phenoxy) is 1. The van der Waals surface area contributed by atoms with E-state index in [2.05, 4.69) is 0 Å². The fourth-order valence-corrected chi connectivity index (χ4v) is 4.34. The van der Waals surface area contributed by atoms with Crippen LogP contribution in [0.25, 0.3) is 0 Å². The second-order valence-electron chi connectivity index (χ2n) is 5.68. The number of nitrogens with zero attached hydrogens (tertiary/aromatic N) is 1. The van der Waals surface area contributed by atoms with Crippen molar-refractivity contribution in [3.05, 3.63) is 29.3 Å². The molecule has 1 aliphatic rings. The molecule has 0 bridgehead atoms. The molecule has 112 valence electrons. The van der Waals surface area contributed by atoms with Crippen LogP contribution in [-0.2, 0) is 20.6 Å². The Kier molecular flexibility index (Phi) is 4.44. The molecule has 0 spiro atoms. The second kappa shape index (κ2) is 5.64. The summed E-state index contributed by atoms with van der Waals surface area (Å²) >= 11 is 5.80. The summed E-state index contributed by atoms with van der Waals surface area (Å²) in [5, 5.41) is 0. The third-order valence-corrected chi connectivity index (χ3v) is 5.71. The van der Waals surface area contributed by atoms with Gasteiger partial charge < -0.3 is 4.74 Å². The summed E-state index contributed by atoms with van der Waals surface area (Å²) in [7, 11) is -3.50. The maximum Gasteiger partial charge on any atom is 0.243 e. The molecule has 20 heavy (non-hydrogen) atoms. The number of halogens is 1. The highest BCUT2D eigenvalue weighted by molar-refractivity contribution is 7.89. The quantitative estimate of drug-likeness (QED) is 0.805. The molecule has 1 heterocycles. The van der Waals surface area contributed by atoms with Crippen LogP contribution in [0.15, 0.2) is 23.1 Å². The minimum Gasteiger partial charge on any atom is -0.373 e. The lowest BCUT2D eigenvalue weighted by Gasteiger charge is -2.37. The van der Waals surface area contributed by atoms with Gasteiger partial charge in [-0.3, -0.25) is 0 Å². The Morgan fingerprint density at radius 1 is 1.40 bits per heavy atom. The first-order chi connectivity index (χ1) is 9.26. The van der Waals surface area contributed by atoms with Crippen LogP contribution in [0.2, 0.25) is 0 Å². The number of morpholine rings is 1. The van der Waals surface area contributed by atoms with Crippen molar-refractivity contribution < 1.29 is 13.2 Å². The van der Waals surface area contributed by atoms with E-state index in [0.717, 1.165) is 11.1 Å². The van der Waals surface area contributed by atoms with Gasteiger partial charge in [0.2, 0.25) is 10.0 Å². The van der Waals surface area contributed by atoms with Crippen molar-refractivity contribution in [1.82, 2.24) is 4.31 Å². The molecule has 0 aliphatic carbocycles. The lowest BCUT2D eigenvalue weighted by Crippen LogP contribution is -2.50. The van der Waals surface area contributed by atoms with Crippen LogP contribution < -0.4 is 0 Å². The average Bonchev–Trinajstić information content (AvgIpc) is 2.38. The van der Waals surface area contributed by atoms with Crippen molar-refractivity contribution in [3.8, 4) is 0 Å². The van der Waals surface area contributed by atoms with E-state index in [-0.39, 0.29) is 0 Å². The highest BCUT2D eigenvalue weighted by atomic mass is 35.5. The number of aryl methyl sites for hydroxylation is 1. The van der Waals surface area contributed by atoms with Gasteiger partial charge in [0.25, 0.3) is 0 Å². The average molecular weight is 318 g/mol. The van der Waals surface area contributed by atoms with Crippen molar-refractivity contribution in [1.29, 1.82) is 0 Å². The van der Waals surface area contributed by atoms with Gasteiger partial charge in [0.1, 0.15) is 0 Å². The van der Waals surface area contributed by atoms with E-state index in [1.165, 1.54) is 4.31 Å². The standard InChI is InChI=1S/C14H20ClNO3S/c1-11-4-5-12(9-15)8-13(11)20(17,18)16-6-7-19-14(2,3)10-16/h4-5,8H,6-7,9-10H2,1-3H3. The van der Waals surface area contributed by atoms with Gasteiger partial charge in [-0.15, -0.1) is 11.6 Å². The monoisotopic (exact) mass is 317 g/mol. The molecule has 1 fully saturated rings. The van der Waals surface area contributed by atoms with Gasteiger partial charge in [-0.05, 0) is 38.0 Å². The van der Waals surface area contributed by atoms with Gasteiger partial charge in [-0.2, -0.15) is 4.31 Å². The topological polar surface area (TPSA) is 46.6 Å². The van der Waals surface area contributed by atoms with Crippen LogP contribution in [0.3, 0.4) is 0 Å². The Morgan fingerprint density at radius 3 is 2.70 bits per heavy atom. The molecule has 0 unspecified atom stereocenters. The molecule has 1 aromatic carbocycles. The molecule has 1 aliphatic heterocycles. The molecule has 0 radical (unpaired) electrons. The predicted octanol–water partition coefficient (Wildman–Crippen LogP) is 2.53. The fourth-order valence-electron chi connectivity index (χ4n) is 2.32. The summed E-state index contributed by atoms with van der Waals surface area (Å²) in [4.78, 5) is 0.341. The summed E-state index contributed by atoms with van der Waals surface area (Å²) < 4.78 is 32.7. The maximum absolute atomic E-state index is 12.8. The largest absolute Gasteiger partial charge is 0.373 e. The predicted molar refractivity (Wildman–Crippen MR) is 79.5 cm³/mol. The Bertz CT molecular complexity index is 598. The van der Waals surface area contributed by atoms with Crippen LogP contribution in [0, 0.1) is 6.92 Å². The van der Waals surface area contributed by atoms with Gasteiger partial charge in [0.05, 0.1) is 17.1 Å². The number of benzene rings is 1. The van der Waals surface area contributed by atoms with Gasteiger partial charge in [-0.1, -0.05) is 12.1 Å². The molecular weight excluding hydrogens is 298 g/mol. The number of alkyl halides is 1. The maximum atomic E-state index is 12.8. The lowest BCUT2D eigenvalue weighted by atomic mass is 10.1. The molecule has 2 rings (SSSR count). The van der Waals surface area contributed by atoms with E-state index in [9.17, 15) is 8.42 Å². The van der Waals surface area contributed by atoms with Crippen molar-refractivity contribution >= 4 is 21.6 Å². The summed E-state index contributed by atoms with van der Waals surface area (Å²) in [5.41, 5.74) is 1.09. The molecule has 1 aromatic rings. The van der Waals surface area contributed by atoms with E-state index in [0.29, 0.717) is 30.5 Å². The Labute approximate surface area is 125 Å². The van der Waals surface area contributed by atoms with Crippen LogP contribution >= 0.6 is 11.6 Å². The van der Waals surface area contributed by atoms with Gasteiger partial charge in [0, 0.05) is 19.0 Å². The third kappa shape index (κ3) is 3.17. The lowest BCUT2D eigenvalue weighted by molar-refractivity contribution is -0.0640. The van der Waals surface area contributed by atoms with Crippen LogP contribution in [-0.4, -0.2) is 38.0 Å². The van der Waals surface area contributed by atoms with E-state index in [4.69, 9.17) is 16.3 Å². The molecule has 0 amide bonds. The summed E-state index contributed by atoms with van der Waals surface area (Å²) in [6, 6.07) is 5.32. The highest BCUT2D eigenvalue weighted by Crippen LogP contribution is 2.26. The second-order valence-corrected chi connectivity index (χ2v) is 7.85. The minimum atomic E-state index is -3.50. The number of rotatable bonds is 3. The zero-order valence-electron chi connectivity index (χ0n) is 12.0. The van der Waals surface area contributed by atoms with E-state index < -0.39 is 15.6 Å². The number of hydrogen-bond donors (Lipinski definition) is 0. The first kappa shape index (κ1) is 15.8. The Balaban J connectivity index is 2.40. The summed E-state index contributed by atoms with van der Waals surface area (Å²) in [5.74, 6) is 0.303. The first-order valence-electron chi connectivity index (χ1n) is 6.56. The van der Waals surface area contributed by atoms with Crippen LogP contribution in [0.5, 0.6) is 0 Å². The smallest absolute Gasteiger partial charge is 0.243 e. The molecule has 0 atom stereocenters. The molecule has 4 nitrogen and oxygen atoms in total. The highest BCUT2D eigenvalue weighted by Gasteiger charge is 2.35. The molecular formula is C14H20ClNO3S. The number of sulfonamides is 1. The van der Waals surface area contributed by atoms with Gasteiger partial charge >= 0.3 is 0 Å². The van der Waals surface area contributed by atoms with E-state index in [1.807, 2.05) is 19.9 Å². The summed E-state index contributed by atoms with van der Waals surface area (Å²) in [6.07, 6.45) is 0. The van der Waals surface area contributed by atoms with Crippen LogP contribution in [0.4, 0.5) is 0 Å². The molecule has 0 N–H and O–H groups in total. The minimum absolute atomic E-state index is 0.303. The van der Waals surface area contributed by atoms with Crippen molar-refractivity contribution in [3.63, 3.8) is 0 Å². The van der Waals surface area contributed by atoms with Crippen molar-refractivity contribution in [2.75, 3.05) is 19.7 Å². The van der Waals surface area contributed by atoms with Crippen molar-refractivity contribution in [2.24, 2.45) is 0 Å². The molecule has 6 heteroatoms. The van der Waals surface area contributed by atoms with E-state index in [1.54, 1.807) is 19.1 Å². The van der Waals surface area contributed by atoms with Gasteiger partial charge in [0.15, 0.2) is 0 Å². The molecule has 1 saturated heterocycles. The zero-order valence-corrected chi connectivity index (χ0v) is 13.6.